The number of hydrogen-bond acceptors (Lipinski definition) is 4. The molecule has 3 aromatic rings. The van der Waals surface area contributed by atoms with Gasteiger partial charge in [-0.05, 0) is 49.4 Å². The zero-order chi connectivity index (χ0) is 27.1. The normalized spacial score (nSPS) is 17.8. The maximum absolute atomic E-state index is 13.9. The van der Waals surface area contributed by atoms with Gasteiger partial charge in [0.15, 0.2) is 0 Å². The molecule has 3 heterocycles. The van der Waals surface area contributed by atoms with E-state index in [1.54, 1.807) is 20.8 Å². The maximum Gasteiger partial charge on any atom is 0.245 e. The lowest BCUT2D eigenvalue weighted by Crippen LogP contribution is -2.59. The standard InChI is InChI=1S/C30H37N5O3/c1-20(36)35-18-21-8-4-6-10-24(21)30(19-35)12-14-34(15-13-30)27(37)26(33-28(38)29(2,3)31)16-22-17-32-25-11-7-5-9-23(22)25/h4-11,17,26,32H,12-16,18-19,31H2,1-3H3,(H,33,38)/t26-/m1/s1. The molecular formula is C30H37N5O3. The van der Waals surface area contributed by atoms with E-state index >= 15 is 0 Å². The number of hydrogen-bond donors (Lipinski definition) is 3. The summed E-state index contributed by atoms with van der Waals surface area (Å²) in [5, 5.41) is 3.98. The van der Waals surface area contributed by atoms with Gasteiger partial charge in [-0.3, -0.25) is 14.4 Å². The molecule has 3 amide bonds. The first-order chi connectivity index (χ1) is 18.1. The molecule has 4 N–H and O–H groups in total. The number of carbonyl (C=O) groups excluding carboxylic acids is 3. The Morgan fingerprint density at radius 1 is 1.05 bits per heavy atom. The van der Waals surface area contributed by atoms with Crippen molar-refractivity contribution in [2.75, 3.05) is 19.6 Å². The van der Waals surface area contributed by atoms with Gasteiger partial charge < -0.3 is 25.8 Å². The third-order valence-electron chi connectivity index (χ3n) is 8.21. The third-order valence-corrected chi connectivity index (χ3v) is 8.21. The number of carbonyl (C=O) groups is 3. The van der Waals surface area contributed by atoms with Crippen LogP contribution in [0.3, 0.4) is 0 Å². The highest BCUT2D eigenvalue weighted by molar-refractivity contribution is 5.92. The molecule has 1 atom stereocenters. The molecule has 0 unspecified atom stereocenters. The minimum absolute atomic E-state index is 0.0725. The number of piperidine rings is 1. The summed E-state index contributed by atoms with van der Waals surface area (Å²) in [5.41, 5.74) is 9.23. The number of likely N-dealkylation sites (tertiary alicyclic amines) is 1. The number of nitrogens with two attached hydrogens (primary N) is 1. The Hall–Kier alpha value is -3.65. The van der Waals surface area contributed by atoms with Crippen molar-refractivity contribution < 1.29 is 14.4 Å². The molecule has 1 aromatic heterocycles. The van der Waals surface area contributed by atoms with Crippen LogP contribution in [-0.4, -0.2) is 63.7 Å². The molecule has 1 spiro atoms. The summed E-state index contributed by atoms with van der Waals surface area (Å²) in [6, 6.07) is 15.6. The molecule has 200 valence electrons. The van der Waals surface area contributed by atoms with Crippen LogP contribution < -0.4 is 11.1 Å². The molecule has 0 saturated carbocycles. The summed E-state index contributed by atoms with van der Waals surface area (Å²) in [5.74, 6) is -0.388. The van der Waals surface area contributed by atoms with Gasteiger partial charge in [-0.15, -0.1) is 0 Å². The van der Waals surface area contributed by atoms with Gasteiger partial charge in [-0.2, -0.15) is 0 Å². The van der Waals surface area contributed by atoms with Crippen LogP contribution in [0.2, 0.25) is 0 Å². The lowest BCUT2D eigenvalue weighted by atomic mass is 9.68. The minimum atomic E-state index is -1.10. The second-order valence-electron chi connectivity index (χ2n) is 11.4. The summed E-state index contributed by atoms with van der Waals surface area (Å²) in [7, 11) is 0. The molecule has 1 saturated heterocycles. The highest BCUT2D eigenvalue weighted by atomic mass is 16.2. The van der Waals surface area contributed by atoms with Crippen molar-refractivity contribution in [1.82, 2.24) is 20.1 Å². The number of fused-ring (bicyclic) bond motifs is 3. The highest BCUT2D eigenvalue weighted by Crippen LogP contribution is 2.42. The van der Waals surface area contributed by atoms with Gasteiger partial charge in [0.1, 0.15) is 6.04 Å². The third kappa shape index (κ3) is 4.92. The fraction of sp³-hybridized carbons (Fsp3) is 0.433. The van der Waals surface area contributed by atoms with Crippen molar-refractivity contribution in [2.24, 2.45) is 5.73 Å². The van der Waals surface area contributed by atoms with Gasteiger partial charge in [0.05, 0.1) is 5.54 Å². The monoisotopic (exact) mass is 515 g/mol. The highest BCUT2D eigenvalue weighted by Gasteiger charge is 2.44. The van der Waals surface area contributed by atoms with E-state index in [4.69, 9.17) is 5.73 Å². The van der Waals surface area contributed by atoms with Crippen LogP contribution in [-0.2, 0) is 32.8 Å². The van der Waals surface area contributed by atoms with Gasteiger partial charge in [-0.25, -0.2) is 0 Å². The predicted octanol–water partition coefficient (Wildman–Crippen LogP) is 2.86. The lowest BCUT2D eigenvalue weighted by Gasteiger charge is -2.49. The van der Waals surface area contributed by atoms with Gasteiger partial charge in [-0.1, -0.05) is 42.5 Å². The Bertz CT molecular complexity index is 1360. The fourth-order valence-electron chi connectivity index (χ4n) is 5.98. The summed E-state index contributed by atoms with van der Waals surface area (Å²) >= 11 is 0. The Morgan fingerprint density at radius 3 is 2.45 bits per heavy atom. The van der Waals surface area contributed by atoms with Crippen LogP contribution in [0.1, 0.15) is 50.3 Å². The quantitative estimate of drug-likeness (QED) is 0.485. The van der Waals surface area contributed by atoms with E-state index < -0.39 is 11.6 Å². The molecule has 2 aliphatic rings. The number of nitrogens with zero attached hydrogens (tertiary/aromatic N) is 2. The Kier molecular flexibility index (Phi) is 6.77. The number of benzene rings is 2. The molecule has 1 fully saturated rings. The van der Waals surface area contributed by atoms with E-state index in [2.05, 4.69) is 28.5 Å². The molecule has 0 radical (unpaired) electrons. The number of aromatic amines is 1. The zero-order valence-electron chi connectivity index (χ0n) is 22.4. The van der Waals surface area contributed by atoms with Gasteiger partial charge in [0, 0.05) is 62.0 Å². The molecule has 0 bridgehead atoms. The number of amides is 3. The summed E-state index contributed by atoms with van der Waals surface area (Å²) < 4.78 is 0. The van der Waals surface area contributed by atoms with Crippen LogP contribution in [0.4, 0.5) is 0 Å². The molecular weight excluding hydrogens is 478 g/mol. The summed E-state index contributed by atoms with van der Waals surface area (Å²) in [6.07, 6.45) is 3.80. The van der Waals surface area contributed by atoms with Gasteiger partial charge in [0.25, 0.3) is 0 Å². The largest absolute Gasteiger partial charge is 0.361 e. The molecule has 0 aliphatic carbocycles. The van der Waals surface area contributed by atoms with Crippen LogP contribution in [0.15, 0.2) is 54.7 Å². The Labute approximate surface area is 223 Å². The number of nitrogens with one attached hydrogen (secondary N) is 2. The van der Waals surface area contributed by atoms with Crippen molar-refractivity contribution >= 4 is 28.6 Å². The Balaban J connectivity index is 1.37. The first kappa shape index (κ1) is 26.0. The van der Waals surface area contributed by atoms with E-state index in [9.17, 15) is 14.4 Å². The lowest BCUT2D eigenvalue weighted by molar-refractivity contribution is -0.139. The summed E-state index contributed by atoms with van der Waals surface area (Å²) in [6.45, 7) is 7.32. The van der Waals surface area contributed by atoms with Crippen LogP contribution in [0.25, 0.3) is 10.9 Å². The van der Waals surface area contributed by atoms with E-state index in [1.165, 1.54) is 11.1 Å². The van der Waals surface area contributed by atoms with Crippen molar-refractivity contribution in [2.45, 2.75) is 63.6 Å². The zero-order valence-corrected chi connectivity index (χ0v) is 22.4. The second-order valence-corrected chi connectivity index (χ2v) is 11.4. The van der Waals surface area contributed by atoms with E-state index in [0.717, 1.165) is 29.3 Å². The Morgan fingerprint density at radius 2 is 1.74 bits per heavy atom. The number of aromatic nitrogens is 1. The molecule has 5 rings (SSSR count). The van der Waals surface area contributed by atoms with Crippen LogP contribution in [0.5, 0.6) is 0 Å². The molecule has 8 heteroatoms. The van der Waals surface area contributed by atoms with Gasteiger partial charge >= 0.3 is 0 Å². The number of para-hydroxylation sites is 1. The number of rotatable bonds is 5. The van der Waals surface area contributed by atoms with E-state index in [0.29, 0.717) is 32.6 Å². The smallest absolute Gasteiger partial charge is 0.245 e. The van der Waals surface area contributed by atoms with Crippen LogP contribution in [0, 0.1) is 0 Å². The first-order valence-corrected chi connectivity index (χ1v) is 13.3. The van der Waals surface area contributed by atoms with E-state index in [1.807, 2.05) is 46.3 Å². The SMILES string of the molecule is CC(=O)N1Cc2ccccc2C2(CCN(C(=O)[C@@H](Cc3c[nH]c4ccccc34)NC(=O)C(C)(C)N)CC2)C1. The average Bonchev–Trinajstić information content (AvgIpc) is 3.30. The summed E-state index contributed by atoms with van der Waals surface area (Å²) in [4.78, 5) is 46.2. The van der Waals surface area contributed by atoms with Crippen molar-refractivity contribution in [1.29, 1.82) is 0 Å². The second kappa shape index (κ2) is 9.91. The van der Waals surface area contributed by atoms with E-state index in [-0.39, 0.29) is 23.1 Å². The number of H-pyrrole nitrogens is 1. The average molecular weight is 516 g/mol. The van der Waals surface area contributed by atoms with Crippen molar-refractivity contribution in [3.8, 4) is 0 Å². The molecule has 2 aliphatic heterocycles. The predicted molar refractivity (Wildman–Crippen MR) is 147 cm³/mol. The first-order valence-electron chi connectivity index (χ1n) is 13.3. The van der Waals surface area contributed by atoms with Crippen molar-refractivity contribution in [3.63, 3.8) is 0 Å². The topological polar surface area (TPSA) is 112 Å². The van der Waals surface area contributed by atoms with Crippen LogP contribution >= 0.6 is 0 Å². The minimum Gasteiger partial charge on any atom is -0.361 e. The fourth-order valence-corrected chi connectivity index (χ4v) is 5.98. The van der Waals surface area contributed by atoms with Gasteiger partial charge in [0.2, 0.25) is 17.7 Å². The van der Waals surface area contributed by atoms with Crippen molar-refractivity contribution in [3.05, 3.63) is 71.4 Å². The molecule has 38 heavy (non-hydrogen) atoms. The maximum atomic E-state index is 13.9. The molecule has 2 aromatic carbocycles. The molecule has 8 nitrogen and oxygen atoms in total.